The number of methoxy groups -OCH3 is 1. The van der Waals surface area contributed by atoms with Gasteiger partial charge in [0.2, 0.25) is 0 Å². The first-order valence-electron chi connectivity index (χ1n) is 6.81. The van der Waals surface area contributed by atoms with Crippen LogP contribution in [-0.2, 0) is 6.54 Å². The Balaban J connectivity index is 2.09. The van der Waals surface area contributed by atoms with E-state index in [1.165, 1.54) is 0 Å². The molecule has 3 heterocycles. The summed E-state index contributed by atoms with van der Waals surface area (Å²) in [5.41, 5.74) is 2.08. The van der Waals surface area contributed by atoms with Crippen molar-refractivity contribution >= 4 is 5.52 Å². The van der Waals surface area contributed by atoms with Crippen molar-refractivity contribution in [2.45, 2.75) is 26.0 Å². The predicted molar refractivity (Wildman–Crippen MR) is 76.1 cm³/mol. The number of hydrogen-bond acceptors (Lipinski definition) is 5. The number of ether oxygens (including phenoxy) is 1. The zero-order valence-corrected chi connectivity index (χ0v) is 12.0. The minimum absolute atomic E-state index is 0.569. The third-order valence-corrected chi connectivity index (χ3v) is 3.41. The van der Waals surface area contributed by atoms with Gasteiger partial charge in [0, 0.05) is 24.5 Å². The van der Waals surface area contributed by atoms with Crippen molar-refractivity contribution in [3.8, 4) is 5.75 Å². The van der Waals surface area contributed by atoms with Gasteiger partial charge < -0.3 is 9.84 Å². The molecule has 0 saturated carbocycles. The summed E-state index contributed by atoms with van der Waals surface area (Å²) in [6, 6.07) is 0. The van der Waals surface area contributed by atoms with E-state index in [-0.39, 0.29) is 0 Å². The molecule has 0 radical (unpaired) electrons. The molecule has 0 aromatic carbocycles. The van der Waals surface area contributed by atoms with Gasteiger partial charge >= 0.3 is 0 Å². The Morgan fingerprint density at radius 1 is 1.29 bits per heavy atom. The molecule has 0 bridgehead atoms. The SMILES string of the molecule is CCCn1ncc(OC)c1C(O)c1cnn2ccncc12. The molecular weight excluding hydrogens is 270 g/mol. The van der Waals surface area contributed by atoms with Crippen LogP contribution in [0.25, 0.3) is 5.52 Å². The van der Waals surface area contributed by atoms with E-state index in [0.717, 1.165) is 11.9 Å². The third-order valence-electron chi connectivity index (χ3n) is 3.41. The monoisotopic (exact) mass is 287 g/mol. The normalized spacial score (nSPS) is 12.7. The maximum Gasteiger partial charge on any atom is 0.163 e. The van der Waals surface area contributed by atoms with Crippen LogP contribution in [0.4, 0.5) is 0 Å². The summed E-state index contributed by atoms with van der Waals surface area (Å²) >= 11 is 0. The summed E-state index contributed by atoms with van der Waals surface area (Å²) in [7, 11) is 1.57. The fourth-order valence-corrected chi connectivity index (χ4v) is 2.41. The first-order chi connectivity index (χ1) is 10.3. The molecular formula is C14H17N5O2. The highest BCUT2D eigenvalue weighted by atomic mass is 16.5. The second-order valence-electron chi connectivity index (χ2n) is 4.73. The largest absolute Gasteiger partial charge is 0.493 e. The van der Waals surface area contributed by atoms with Crippen molar-refractivity contribution in [2.24, 2.45) is 0 Å². The molecule has 0 aliphatic carbocycles. The van der Waals surface area contributed by atoms with Crippen LogP contribution in [0.5, 0.6) is 5.75 Å². The maximum atomic E-state index is 10.8. The van der Waals surface area contributed by atoms with Crippen LogP contribution in [0.15, 0.2) is 31.0 Å². The summed E-state index contributed by atoms with van der Waals surface area (Å²) in [6.07, 6.45) is 8.39. The van der Waals surface area contributed by atoms with E-state index >= 15 is 0 Å². The van der Waals surface area contributed by atoms with E-state index in [1.807, 2.05) is 0 Å². The summed E-state index contributed by atoms with van der Waals surface area (Å²) in [5.74, 6) is 0.569. The summed E-state index contributed by atoms with van der Waals surface area (Å²) in [5, 5.41) is 19.3. The first kappa shape index (κ1) is 13.6. The molecule has 7 heteroatoms. The third kappa shape index (κ3) is 2.25. The molecule has 0 saturated heterocycles. The minimum atomic E-state index is -0.865. The highest BCUT2D eigenvalue weighted by Gasteiger charge is 2.24. The lowest BCUT2D eigenvalue weighted by molar-refractivity contribution is 0.203. The zero-order chi connectivity index (χ0) is 14.8. The highest BCUT2D eigenvalue weighted by Crippen LogP contribution is 2.31. The molecule has 1 unspecified atom stereocenters. The zero-order valence-electron chi connectivity index (χ0n) is 12.0. The quantitative estimate of drug-likeness (QED) is 0.768. The van der Waals surface area contributed by atoms with E-state index in [0.29, 0.717) is 23.6 Å². The van der Waals surface area contributed by atoms with Gasteiger partial charge in [0.05, 0.1) is 31.2 Å². The number of nitrogens with zero attached hydrogens (tertiary/aromatic N) is 5. The Morgan fingerprint density at radius 3 is 2.90 bits per heavy atom. The van der Waals surface area contributed by atoms with Crippen LogP contribution in [0.2, 0.25) is 0 Å². The van der Waals surface area contributed by atoms with Gasteiger partial charge in [0.1, 0.15) is 11.8 Å². The van der Waals surface area contributed by atoms with Gasteiger partial charge in [-0.15, -0.1) is 0 Å². The van der Waals surface area contributed by atoms with Crippen LogP contribution in [0.3, 0.4) is 0 Å². The number of rotatable bonds is 5. The molecule has 110 valence electrons. The van der Waals surface area contributed by atoms with Crippen molar-refractivity contribution in [1.82, 2.24) is 24.4 Å². The molecule has 1 N–H and O–H groups in total. The molecule has 0 aliphatic rings. The smallest absolute Gasteiger partial charge is 0.163 e. The van der Waals surface area contributed by atoms with Crippen LogP contribution in [-0.4, -0.2) is 36.6 Å². The highest BCUT2D eigenvalue weighted by molar-refractivity contribution is 5.55. The van der Waals surface area contributed by atoms with Crippen LogP contribution >= 0.6 is 0 Å². The molecule has 0 aliphatic heterocycles. The van der Waals surface area contributed by atoms with E-state index in [4.69, 9.17) is 4.74 Å². The number of fused-ring (bicyclic) bond motifs is 1. The Kier molecular flexibility index (Phi) is 3.57. The first-order valence-corrected chi connectivity index (χ1v) is 6.81. The van der Waals surface area contributed by atoms with Gasteiger partial charge in [-0.05, 0) is 6.42 Å². The van der Waals surface area contributed by atoms with E-state index in [1.54, 1.807) is 47.3 Å². The second-order valence-corrected chi connectivity index (χ2v) is 4.73. The molecule has 21 heavy (non-hydrogen) atoms. The van der Waals surface area contributed by atoms with Crippen LogP contribution in [0, 0.1) is 0 Å². The van der Waals surface area contributed by atoms with Crippen LogP contribution in [0.1, 0.15) is 30.7 Å². The Bertz CT molecular complexity index is 749. The topological polar surface area (TPSA) is 77.5 Å². The second kappa shape index (κ2) is 5.53. The molecule has 0 fully saturated rings. The van der Waals surface area contributed by atoms with E-state index in [9.17, 15) is 5.11 Å². The fraction of sp³-hybridized carbons (Fsp3) is 0.357. The Labute approximate surface area is 121 Å². The summed E-state index contributed by atoms with van der Waals surface area (Å²) in [4.78, 5) is 4.09. The maximum absolute atomic E-state index is 10.8. The van der Waals surface area contributed by atoms with E-state index < -0.39 is 6.10 Å². The average molecular weight is 287 g/mol. The standard InChI is InChI=1S/C14H17N5O2/c1-3-5-19-13(12(21-2)9-17-19)14(20)10-7-16-18-6-4-15-8-11(10)18/h4,6-9,14,20H,3,5H2,1-2H3. The molecule has 3 aromatic heterocycles. The minimum Gasteiger partial charge on any atom is -0.493 e. The number of aryl methyl sites for hydroxylation is 1. The summed E-state index contributed by atoms with van der Waals surface area (Å²) < 4.78 is 8.76. The van der Waals surface area contributed by atoms with Crippen molar-refractivity contribution in [2.75, 3.05) is 7.11 Å². The lowest BCUT2D eigenvalue weighted by Crippen LogP contribution is -2.11. The van der Waals surface area contributed by atoms with Crippen molar-refractivity contribution < 1.29 is 9.84 Å². The molecule has 0 amide bonds. The van der Waals surface area contributed by atoms with Gasteiger partial charge in [-0.3, -0.25) is 9.67 Å². The fourth-order valence-electron chi connectivity index (χ4n) is 2.41. The van der Waals surface area contributed by atoms with Gasteiger partial charge in [-0.1, -0.05) is 6.92 Å². The number of aromatic nitrogens is 5. The number of aliphatic hydroxyl groups excluding tert-OH is 1. The predicted octanol–water partition coefficient (Wildman–Crippen LogP) is 1.43. The van der Waals surface area contributed by atoms with Gasteiger partial charge in [0.15, 0.2) is 5.75 Å². The van der Waals surface area contributed by atoms with Crippen molar-refractivity contribution in [1.29, 1.82) is 0 Å². The molecule has 0 spiro atoms. The number of hydrogen-bond donors (Lipinski definition) is 1. The Hall–Kier alpha value is -2.41. The van der Waals surface area contributed by atoms with Crippen LogP contribution < -0.4 is 4.74 Å². The molecule has 1 atom stereocenters. The van der Waals surface area contributed by atoms with Gasteiger partial charge in [-0.25, -0.2) is 4.52 Å². The lowest BCUT2D eigenvalue weighted by atomic mass is 10.1. The summed E-state index contributed by atoms with van der Waals surface area (Å²) in [6.45, 7) is 2.77. The molecule has 3 rings (SSSR count). The molecule has 7 nitrogen and oxygen atoms in total. The van der Waals surface area contributed by atoms with E-state index in [2.05, 4.69) is 22.1 Å². The average Bonchev–Trinajstić information content (AvgIpc) is 3.10. The lowest BCUT2D eigenvalue weighted by Gasteiger charge is -2.14. The Morgan fingerprint density at radius 2 is 2.14 bits per heavy atom. The van der Waals surface area contributed by atoms with Crippen molar-refractivity contribution in [3.63, 3.8) is 0 Å². The van der Waals surface area contributed by atoms with Crippen molar-refractivity contribution in [3.05, 3.63) is 42.2 Å². The van der Waals surface area contributed by atoms with Gasteiger partial charge in [0.25, 0.3) is 0 Å². The number of aliphatic hydroxyl groups is 1. The van der Waals surface area contributed by atoms with Gasteiger partial charge in [-0.2, -0.15) is 10.2 Å². The molecule has 3 aromatic rings.